The molecule has 1 saturated heterocycles. The highest BCUT2D eigenvalue weighted by Gasteiger charge is 2.08. The number of nitrogens with one attached hydrogen (secondary N) is 1. The number of likely N-dealkylation sites (tertiary alicyclic amines) is 1. The molecule has 1 fully saturated rings. The van der Waals surface area contributed by atoms with Gasteiger partial charge in [0.05, 0.1) is 0 Å². The van der Waals surface area contributed by atoms with Gasteiger partial charge < -0.3 is 15.3 Å². The molecule has 0 unspecified atom stereocenters. The van der Waals surface area contributed by atoms with Gasteiger partial charge in [-0.2, -0.15) is 0 Å². The van der Waals surface area contributed by atoms with Gasteiger partial charge in [-0.3, -0.25) is 0 Å². The van der Waals surface area contributed by atoms with Crippen LogP contribution in [0, 0.1) is 0 Å². The zero-order valence-electron chi connectivity index (χ0n) is 9.33. The molecule has 0 radical (unpaired) electrons. The van der Waals surface area contributed by atoms with E-state index in [1.807, 2.05) is 0 Å². The lowest BCUT2D eigenvalue weighted by Crippen LogP contribution is -2.35. The van der Waals surface area contributed by atoms with Crippen LogP contribution < -0.4 is 5.32 Å². The third-order valence-corrected chi connectivity index (χ3v) is 2.62. The number of piperidine rings is 1. The topological polar surface area (TPSA) is 52.6 Å². The zero-order chi connectivity index (χ0) is 11.1. The molecule has 0 aliphatic carbocycles. The van der Waals surface area contributed by atoms with Crippen LogP contribution in [0.4, 0.5) is 0 Å². The van der Waals surface area contributed by atoms with Crippen molar-refractivity contribution in [3.8, 4) is 0 Å². The predicted octanol–water partition coefficient (Wildman–Crippen LogP) is 1.05. The summed E-state index contributed by atoms with van der Waals surface area (Å²) in [5, 5.41) is 11.6. The SMILES string of the molecule is C/C(=C/C(=O)O)NCCN1CCCCC1. The number of allylic oxidation sites excluding steroid dienone is 1. The van der Waals surface area contributed by atoms with E-state index < -0.39 is 5.97 Å². The smallest absolute Gasteiger partial charge is 0.330 e. The summed E-state index contributed by atoms with van der Waals surface area (Å²) in [4.78, 5) is 12.8. The van der Waals surface area contributed by atoms with Crippen molar-refractivity contribution in [2.75, 3.05) is 26.2 Å². The van der Waals surface area contributed by atoms with E-state index in [0.717, 1.165) is 18.8 Å². The molecule has 2 N–H and O–H groups in total. The first kappa shape index (κ1) is 12.0. The van der Waals surface area contributed by atoms with Crippen LogP contribution in [-0.2, 0) is 4.79 Å². The molecule has 0 aromatic heterocycles. The fourth-order valence-electron chi connectivity index (χ4n) is 1.83. The molecular weight excluding hydrogens is 192 g/mol. The molecular formula is C11H20N2O2. The lowest BCUT2D eigenvalue weighted by molar-refractivity contribution is -0.131. The van der Waals surface area contributed by atoms with Crippen molar-refractivity contribution >= 4 is 5.97 Å². The summed E-state index contributed by atoms with van der Waals surface area (Å²) in [7, 11) is 0. The first-order valence-electron chi connectivity index (χ1n) is 5.56. The van der Waals surface area contributed by atoms with Crippen molar-refractivity contribution in [1.82, 2.24) is 10.2 Å². The number of aliphatic carboxylic acids is 1. The number of nitrogens with zero attached hydrogens (tertiary/aromatic N) is 1. The van der Waals surface area contributed by atoms with Crippen molar-refractivity contribution in [3.05, 3.63) is 11.8 Å². The molecule has 0 bridgehead atoms. The number of carboxylic acids is 1. The molecule has 15 heavy (non-hydrogen) atoms. The van der Waals surface area contributed by atoms with Crippen molar-refractivity contribution in [2.24, 2.45) is 0 Å². The van der Waals surface area contributed by atoms with Gasteiger partial charge in [0.15, 0.2) is 0 Å². The van der Waals surface area contributed by atoms with Gasteiger partial charge in [0.2, 0.25) is 0 Å². The maximum Gasteiger partial charge on any atom is 0.330 e. The van der Waals surface area contributed by atoms with Crippen LogP contribution in [0.5, 0.6) is 0 Å². The molecule has 1 aliphatic heterocycles. The fourth-order valence-corrected chi connectivity index (χ4v) is 1.83. The lowest BCUT2D eigenvalue weighted by atomic mass is 10.1. The number of hydrogen-bond acceptors (Lipinski definition) is 3. The van der Waals surface area contributed by atoms with Crippen molar-refractivity contribution < 1.29 is 9.90 Å². The maximum atomic E-state index is 10.3. The average molecular weight is 212 g/mol. The standard InChI is InChI=1S/C11H20N2O2/c1-10(9-11(14)15)12-5-8-13-6-3-2-4-7-13/h9,12H,2-8H2,1H3,(H,14,15)/b10-9-. The second-order valence-corrected chi connectivity index (χ2v) is 3.99. The van der Waals surface area contributed by atoms with E-state index in [1.165, 1.54) is 38.4 Å². The van der Waals surface area contributed by atoms with Crippen LogP contribution in [0.2, 0.25) is 0 Å². The Bertz CT molecular complexity index is 233. The molecule has 1 aliphatic rings. The molecule has 0 aromatic carbocycles. The quantitative estimate of drug-likeness (QED) is 0.669. The predicted molar refractivity (Wildman–Crippen MR) is 59.7 cm³/mol. The summed E-state index contributed by atoms with van der Waals surface area (Å²) in [5.41, 5.74) is 0.722. The Hall–Kier alpha value is -1.03. The van der Waals surface area contributed by atoms with Gasteiger partial charge in [0.1, 0.15) is 0 Å². The normalized spacial score (nSPS) is 18.9. The molecule has 0 aromatic rings. The van der Waals surface area contributed by atoms with E-state index in [1.54, 1.807) is 6.92 Å². The van der Waals surface area contributed by atoms with Gasteiger partial charge in [-0.15, -0.1) is 0 Å². The highest BCUT2D eigenvalue weighted by Crippen LogP contribution is 2.07. The third-order valence-electron chi connectivity index (χ3n) is 2.62. The van der Waals surface area contributed by atoms with Crippen molar-refractivity contribution in [3.63, 3.8) is 0 Å². The second kappa shape index (κ2) is 6.45. The first-order valence-corrected chi connectivity index (χ1v) is 5.56. The molecule has 0 atom stereocenters. The molecule has 0 saturated carbocycles. The summed E-state index contributed by atoms with van der Waals surface area (Å²) in [6, 6.07) is 0. The average Bonchev–Trinajstić information content (AvgIpc) is 2.18. The Balaban J connectivity index is 2.12. The van der Waals surface area contributed by atoms with E-state index >= 15 is 0 Å². The van der Waals surface area contributed by atoms with Crippen LogP contribution in [0.15, 0.2) is 11.8 Å². The van der Waals surface area contributed by atoms with Crippen molar-refractivity contribution in [2.45, 2.75) is 26.2 Å². The Labute approximate surface area is 91.0 Å². The summed E-state index contributed by atoms with van der Waals surface area (Å²) in [6.07, 6.45) is 5.14. The van der Waals surface area contributed by atoms with Gasteiger partial charge >= 0.3 is 5.97 Å². The number of rotatable bonds is 5. The minimum atomic E-state index is -0.891. The number of hydrogen-bond donors (Lipinski definition) is 2. The third kappa shape index (κ3) is 5.42. The fraction of sp³-hybridized carbons (Fsp3) is 0.727. The zero-order valence-corrected chi connectivity index (χ0v) is 9.33. The maximum absolute atomic E-state index is 10.3. The molecule has 1 heterocycles. The van der Waals surface area contributed by atoms with Gasteiger partial charge in [-0.05, 0) is 32.9 Å². The van der Waals surface area contributed by atoms with Gasteiger partial charge in [0, 0.05) is 24.9 Å². The molecule has 4 nitrogen and oxygen atoms in total. The first-order chi connectivity index (χ1) is 7.18. The van der Waals surface area contributed by atoms with Crippen LogP contribution >= 0.6 is 0 Å². The highest BCUT2D eigenvalue weighted by atomic mass is 16.4. The minimum Gasteiger partial charge on any atom is -0.478 e. The Morgan fingerprint density at radius 2 is 2.07 bits per heavy atom. The Morgan fingerprint density at radius 1 is 1.40 bits per heavy atom. The summed E-state index contributed by atoms with van der Waals surface area (Å²) in [6.45, 7) is 5.98. The Morgan fingerprint density at radius 3 is 2.67 bits per heavy atom. The molecule has 0 spiro atoms. The summed E-state index contributed by atoms with van der Waals surface area (Å²) >= 11 is 0. The van der Waals surface area contributed by atoms with E-state index in [0.29, 0.717) is 0 Å². The minimum absolute atomic E-state index is 0.722. The van der Waals surface area contributed by atoms with E-state index in [2.05, 4.69) is 10.2 Å². The van der Waals surface area contributed by atoms with E-state index in [4.69, 9.17) is 5.11 Å². The van der Waals surface area contributed by atoms with Gasteiger partial charge in [-0.25, -0.2) is 4.79 Å². The molecule has 1 rings (SSSR count). The van der Waals surface area contributed by atoms with E-state index in [9.17, 15) is 4.79 Å². The van der Waals surface area contributed by atoms with Crippen LogP contribution in [-0.4, -0.2) is 42.2 Å². The lowest BCUT2D eigenvalue weighted by Gasteiger charge is -2.26. The Kier molecular flexibility index (Phi) is 5.18. The van der Waals surface area contributed by atoms with Crippen LogP contribution in [0.3, 0.4) is 0 Å². The van der Waals surface area contributed by atoms with Crippen LogP contribution in [0.1, 0.15) is 26.2 Å². The summed E-state index contributed by atoms with van der Waals surface area (Å²) < 4.78 is 0. The molecule has 86 valence electrons. The highest BCUT2D eigenvalue weighted by molar-refractivity contribution is 5.80. The molecule has 4 heteroatoms. The number of carbonyl (C=O) groups is 1. The second-order valence-electron chi connectivity index (χ2n) is 3.99. The van der Waals surface area contributed by atoms with Crippen molar-refractivity contribution in [1.29, 1.82) is 0 Å². The molecule has 0 amide bonds. The monoisotopic (exact) mass is 212 g/mol. The van der Waals surface area contributed by atoms with Gasteiger partial charge in [0.25, 0.3) is 0 Å². The summed E-state index contributed by atoms with van der Waals surface area (Å²) in [5.74, 6) is -0.891. The van der Waals surface area contributed by atoms with Crippen LogP contribution in [0.25, 0.3) is 0 Å². The van der Waals surface area contributed by atoms with Gasteiger partial charge in [-0.1, -0.05) is 6.42 Å². The van der Waals surface area contributed by atoms with E-state index in [-0.39, 0.29) is 0 Å². The number of carboxylic acid groups (broad SMARTS) is 1. The largest absolute Gasteiger partial charge is 0.478 e.